The van der Waals surface area contributed by atoms with E-state index in [4.69, 9.17) is 0 Å². The van der Waals surface area contributed by atoms with Gasteiger partial charge in [0, 0.05) is 6.07 Å². The molecule has 0 N–H and O–H groups in total. The summed E-state index contributed by atoms with van der Waals surface area (Å²) in [4.78, 5) is 0. The van der Waals surface area contributed by atoms with Gasteiger partial charge in [-0.15, -0.1) is 9.36 Å². The fraction of sp³-hybridized carbons (Fsp3) is 0.160. The van der Waals surface area contributed by atoms with Crippen LogP contribution in [0.15, 0.2) is 67.0 Å². The molecule has 4 aromatic rings. The number of benzene rings is 3. The summed E-state index contributed by atoms with van der Waals surface area (Å²) >= 11 is 0. The van der Waals surface area contributed by atoms with Gasteiger partial charge in [0.05, 0.1) is 11.8 Å². The maximum absolute atomic E-state index is 14.5. The number of aromatic nitrogens is 2. The van der Waals surface area contributed by atoms with Gasteiger partial charge in [0.2, 0.25) is 6.20 Å². The lowest BCUT2D eigenvalue weighted by Crippen LogP contribution is -2.37. The molecule has 0 unspecified atom stereocenters. The van der Waals surface area contributed by atoms with Gasteiger partial charge in [0.1, 0.15) is 11.5 Å². The van der Waals surface area contributed by atoms with E-state index in [9.17, 15) is 8.78 Å². The van der Waals surface area contributed by atoms with Gasteiger partial charge in [-0.05, 0) is 60.2 Å². The molecule has 0 aliphatic heterocycles. The van der Waals surface area contributed by atoms with E-state index in [1.165, 1.54) is 17.2 Å². The Balaban J connectivity index is 1.83. The summed E-state index contributed by atoms with van der Waals surface area (Å²) < 4.78 is 31.6. The van der Waals surface area contributed by atoms with Crippen LogP contribution in [-0.2, 0) is 7.05 Å². The van der Waals surface area contributed by atoms with Gasteiger partial charge >= 0.3 is 0 Å². The highest BCUT2D eigenvalue weighted by Gasteiger charge is 2.21. The Kier molecular flexibility index (Phi) is 4.79. The van der Waals surface area contributed by atoms with Crippen LogP contribution in [0.3, 0.4) is 0 Å². The van der Waals surface area contributed by atoms with Crippen molar-refractivity contribution in [3.63, 3.8) is 0 Å². The first-order valence-corrected chi connectivity index (χ1v) is 9.56. The molecular formula is C25H23F2N2+. The minimum atomic E-state index is -0.576. The molecule has 146 valence electrons. The number of rotatable bonds is 3. The zero-order chi connectivity index (χ0) is 20.7. The predicted molar refractivity (Wildman–Crippen MR) is 112 cm³/mol. The van der Waals surface area contributed by atoms with Gasteiger partial charge < -0.3 is 0 Å². The third kappa shape index (κ3) is 3.46. The van der Waals surface area contributed by atoms with Crippen LogP contribution in [0.25, 0.3) is 27.9 Å². The van der Waals surface area contributed by atoms with Crippen molar-refractivity contribution < 1.29 is 13.5 Å². The molecule has 1 heterocycles. The summed E-state index contributed by atoms with van der Waals surface area (Å²) in [5.41, 5.74) is 7.68. The van der Waals surface area contributed by atoms with Crippen LogP contribution in [0.4, 0.5) is 8.78 Å². The average Bonchev–Trinajstić information content (AvgIpc) is 3.02. The smallest absolute Gasteiger partial charge is 0.203 e. The Labute approximate surface area is 169 Å². The highest BCUT2D eigenvalue weighted by molar-refractivity contribution is 5.76. The Morgan fingerprint density at radius 3 is 2.03 bits per heavy atom. The van der Waals surface area contributed by atoms with Crippen LogP contribution in [-0.4, -0.2) is 4.68 Å². The van der Waals surface area contributed by atoms with Crippen molar-refractivity contribution in [3.8, 4) is 27.9 Å². The molecule has 0 atom stereocenters. The van der Waals surface area contributed by atoms with E-state index in [-0.39, 0.29) is 0 Å². The van der Waals surface area contributed by atoms with Gasteiger partial charge in [-0.2, -0.15) is 0 Å². The molecule has 0 spiro atoms. The Hall–Kier alpha value is -3.27. The Morgan fingerprint density at radius 1 is 0.759 bits per heavy atom. The van der Waals surface area contributed by atoms with E-state index >= 15 is 0 Å². The molecule has 0 amide bonds. The molecule has 0 aliphatic rings. The van der Waals surface area contributed by atoms with Crippen LogP contribution >= 0.6 is 0 Å². The fourth-order valence-corrected chi connectivity index (χ4v) is 4.07. The summed E-state index contributed by atoms with van der Waals surface area (Å²) in [5, 5.41) is 0. The number of nitrogens with zero attached hydrogens (tertiary/aromatic N) is 2. The van der Waals surface area contributed by atoms with Crippen LogP contribution in [0.1, 0.15) is 16.7 Å². The largest absolute Gasteiger partial charge is 0.207 e. The summed E-state index contributed by atoms with van der Waals surface area (Å²) in [5.74, 6) is -1.14. The molecule has 0 fully saturated rings. The molecule has 0 saturated heterocycles. The minimum absolute atomic E-state index is 0.358. The Morgan fingerprint density at radius 2 is 1.41 bits per heavy atom. The number of hydrogen-bond donors (Lipinski definition) is 0. The van der Waals surface area contributed by atoms with E-state index in [1.54, 1.807) is 11.6 Å². The third-order valence-electron chi connectivity index (χ3n) is 5.30. The molecule has 29 heavy (non-hydrogen) atoms. The Bertz CT molecular complexity index is 1160. The van der Waals surface area contributed by atoms with E-state index < -0.39 is 11.6 Å². The van der Waals surface area contributed by atoms with Crippen LogP contribution in [0, 0.1) is 32.4 Å². The number of hydrogen-bond acceptors (Lipinski definition) is 0. The van der Waals surface area contributed by atoms with Gasteiger partial charge in [0.25, 0.3) is 0 Å². The minimum Gasteiger partial charge on any atom is -0.207 e. The SMILES string of the molecule is Cc1cc(-c2ccccc2)cc(C)c1-c1cn(-c2c(C)cc(F)cc2F)[n+](C)c1. The lowest BCUT2D eigenvalue weighted by Gasteiger charge is -2.11. The third-order valence-corrected chi connectivity index (χ3v) is 5.30. The second-order valence-electron chi connectivity index (χ2n) is 7.54. The molecule has 1 aromatic heterocycles. The molecule has 2 nitrogen and oxygen atoms in total. The fourth-order valence-electron chi connectivity index (χ4n) is 4.07. The van der Waals surface area contributed by atoms with Gasteiger partial charge in [-0.1, -0.05) is 42.5 Å². The van der Waals surface area contributed by atoms with Gasteiger partial charge in [-0.3, -0.25) is 0 Å². The first-order valence-electron chi connectivity index (χ1n) is 9.56. The summed E-state index contributed by atoms with van der Waals surface area (Å²) in [6.45, 7) is 5.90. The first kappa shape index (κ1) is 19.1. The van der Waals surface area contributed by atoms with Crippen LogP contribution in [0.2, 0.25) is 0 Å². The molecule has 0 saturated carbocycles. The molecule has 4 heteroatoms. The van der Waals surface area contributed by atoms with E-state index in [2.05, 4.69) is 38.1 Å². The number of aryl methyl sites for hydroxylation is 4. The lowest BCUT2D eigenvalue weighted by molar-refractivity contribution is -0.744. The van der Waals surface area contributed by atoms with Crippen molar-refractivity contribution in [2.75, 3.05) is 0 Å². The normalized spacial score (nSPS) is 11.1. The van der Waals surface area contributed by atoms with Crippen LogP contribution in [0.5, 0.6) is 0 Å². The second kappa shape index (κ2) is 7.28. The zero-order valence-corrected chi connectivity index (χ0v) is 17.0. The molecule has 3 aromatic carbocycles. The second-order valence-corrected chi connectivity index (χ2v) is 7.54. The molecular weight excluding hydrogens is 366 g/mol. The highest BCUT2D eigenvalue weighted by atomic mass is 19.1. The van der Waals surface area contributed by atoms with E-state index in [0.29, 0.717) is 11.3 Å². The quantitative estimate of drug-likeness (QED) is 0.389. The standard InChI is InChI=1S/C25H23F2N2/c1-16-10-20(19-8-6-5-7-9-19)11-17(2)24(16)21-14-28(4)29(15-21)25-18(3)12-22(26)13-23(25)27/h5-15H,1-4H3/q+1. The van der Waals surface area contributed by atoms with Crippen LogP contribution < -0.4 is 4.68 Å². The number of halogens is 2. The van der Waals surface area contributed by atoms with Crippen molar-refractivity contribution in [1.29, 1.82) is 0 Å². The topological polar surface area (TPSA) is 8.81 Å². The predicted octanol–water partition coefficient (Wildman–Crippen LogP) is 5.84. The van der Waals surface area contributed by atoms with Gasteiger partial charge in [0.15, 0.2) is 12.9 Å². The first-order chi connectivity index (χ1) is 13.8. The monoisotopic (exact) mass is 389 g/mol. The summed E-state index contributed by atoms with van der Waals surface area (Å²) in [6, 6.07) is 16.9. The van der Waals surface area contributed by atoms with Crippen molar-refractivity contribution in [2.24, 2.45) is 7.05 Å². The maximum atomic E-state index is 14.5. The van der Waals surface area contributed by atoms with Crippen molar-refractivity contribution in [3.05, 3.63) is 95.3 Å². The lowest BCUT2D eigenvalue weighted by atomic mass is 9.93. The summed E-state index contributed by atoms with van der Waals surface area (Å²) in [7, 11) is 1.86. The van der Waals surface area contributed by atoms with Gasteiger partial charge in [-0.25, -0.2) is 8.78 Å². The van der Waals surface area contributed by atoms with Crippen molar-refractivity contribution in [1.82, 2.24) is 4.68 Å². The van der Waals surface area contributed by atoms with E-state index in [1.807, 2.05) is 42.3 Å². The molecule has 4 rings (SSSR count). The molecule has 0 radical (unpaired) electrons. The molecule has 0 bridgehead atoms. The molecule has 0 aliphatic carbocycles. The zero-order valence-electron chi connectivity index (χ0n) is 17.0. The summed E-state index contributed by atoms with van der Waals surface area (Å²) in [6.07, 6.45) is 3.88. The average molecular weight is 389 g/mol. The van der Waals surface area contributed by atoms with Crippen molar-refractivity contribution >= 4 is 0 Å². The van der Waals surface area contributed by atoms with Crippen molar-refractivity contribution in [2.45, 2.75) is 20.8 Å². The van der Waals surface area contributed by atoms with E-state index in [0.717, 1.165) is 28.3 Å². The highest BCUT2D eigenvalue weighted by Crippen LogP contribution is 2.32. The maximum Gasteiger partial charge on any atom is 0.203 e.